The van der Waals surface area contributed by atoms with E-state index in [1.165, 1.54) is 12.0 Å². The van der Waals surface area contributed by atoms with Crippen LogP contribution in [0.25, 0.3) is 27.8 Å². The third kappa shape index (κ3) is 4.13. The summed E-state index contributed by atoms with van der Waals surface area (Å²) in [6, 6.07) is 9.42. The van der Waals surface area contributed by atoms with Gasteiger partial charge in [-0.1, -0.05) is 18.2 Å². The van der Waals surface area contributed by atoms with Crippen LogP contribution in [0.2, 0.25) is 0 Å². The Kier molecular flexibility index (Phi) is 5.09. The summed E-state index contributed by atoms with van der Waals surface area (Å²) in [5, 5.41) is 0.903. The summed E-state index contributed by atoms with van der Waals surface area (Å²) in [5.41, 5.74) is 4.33. The topological polar surface area (TPSA) is 85.0 Å². The lowest BCUT2D eigenvalue weighted by molar-refractivity contribution is 0.0990. The van der Waals surface area contributed by atoms with Crippen molar-refractivity contribution in [1.29, 1.82) is 0 Å². The molecule has 0 bridgehead atoms. The molecule has 154 valence electrons. The average Bonchev–Trinajstić information content (AvgIpc) is 3.34. The van der Waals surface area contributed by atoms with E-state index in [0.717, 1.165) is 41.7 Å². The van der Waals surface area contributed by atoms with Gasteiger partial charge in [0.15, 0.2) is 17.9 Å². The van der Waals surface area contributed by atoms with Crippen LogP contribution in [0.5, 0.6) is 0 Å². The van der Waals surface area contributed by atoms with Crippen molar-refractivity contribution in [3.63, 3.8) is 0 Å². The molecular weight excluding hydrogens is 390 g/mol. The molecule has 0 fully saturated rings. The Morgan fingerprint density at radius 2 is 2.10 bits per heavy atom. The van der Waals surface area contributed by atoms with E-state index in [9.17, 15) is 4.79 Å². The van der Waals surface area contributed by atoms with E-state index in [2.05, 4.69) is 38.0 Å². The van der Waals surface area contributed by atoms with Gasteiger partial charge < -0.3 is 9.32 Å². The van der Waals surface area contributed by atoms with Crippen LogP contribution in [0.3, 0.4) is 0 Å². The Labute approximate surface area is 179 Å². The molecule has 0 radical (unpaired) electrons. The summed E-state index contributed by atoms with van der Waals surface area (Å²) in [6.45, 7) is 1.89. The van der Waals surface area contributed by atoms with Crippen LogP contribution in [0.15, 0.2) is 65.8 Å². The van der Waals surface area contributed by atoms with Crippen LogP contribution in [-0.4, -0.2) is 50.8 Å². The molecule has 0 saturated carbocycles. The highest BCUT2D eigenvalue weighted by Gasteiger charge is 2.15. The van der Waals surface area contributed by atoms with Gasteiger partial charge in [-0.05, 0) is 37.2 Å². The Bertz CT molecular complexity index is 1280. The van der Waals surface area contributed by atoms with E-state index in [-0.39, 0.29) is 12.2 Å². The van der Waals surface area contributed by atoms with E-state index >= 15 is 0 Å². The molecule has 0 N–H and O–H groups in total. The van der Waals surface area contributed by atoms with Gasteiger partial charge in [0, 0.05) is 42.0 Å². The minimum absolute atomic E-state index is 0.0251. The molecule has 7 heteroatoms. The first-order valence-electron chi connectivity index (χ1n) is 10.2. The quantitative estimate of drug-likeness (QED) is 0.462. The molecule has 1 aliphatic heterocycles. The number of carbonyl (C=O) groups excluding carboxylic acids is 1. The molecule has 0 amide bonds. The SMILES string of the molecule is CN1CC=C(c2cc(C(=O)Cc3ncc4ccc(-c5cnco5)cc4n3)ccn2)CC1. The number of hydrogen-bond donors (Lipinski definition) is 0. The lowest BCUT2D eigenvalue weighted by Crippen LogP contribution is -2.23. The van der Waals surface area contributed by atoms with Gasteiger partial charge in [0.2, 0.25) is 0 Å². The summed E-state index contributed by atoms with van der Waals surface area (Å²) < 4.78 is 5.37. The molecule has 31 heavy (non-hydrogen) atoms. The number of hydrogen-bond acceptors (Lipinski definition) is 7. The average molecular weight is 411 g/mol. The van der Waals surface area contributed by atoms with E-state index < -0.39 is 0 Å². The van der Waals surface area contributed by atoms with E-state index in [1.54, 1.807) is 24.7 Å². The lowest BCUT2D eigenvalue weighted by atomic mass is 10.0. The third-order valence-corrected chi connectivity index (χ3v) is 5.49. The number of likely N-dealkylation sites (N-methyl/N-ethyl adjacent to an activating group) is 1. The molecule has 0 spiro atoms. The summed E-state index contributed by atoms with van der Waals surface area (Å²) in [7, 11) is 2.10. The van der Waals surface area contributed by atoms with E-state index in [1.807, 2.05) is 24.3 Å². The highest BCUT2D eigenvalue weighted by atomic mass is 16.3. The van der Waals surface area contributed by atoms with Crippen molar-refractivity contribution < 1.29 is 9.21 Å². The van der Waals surface area contributed by atoms with Crippen LogP contribution in [0, 0.1) is 0 Å². The number of oxazole rings is 1. The predicted octanol–water partition coefficient (Wildman–Crippen LogP) is 3.82. The van der Waals surface area contributed by atoms with Crippen molar-refractivity contribution in [2.45, 2.75) is 12.8 Å². The number of fused-ring (bicyclic) bond motifs is 1. The first kappa shape index (κ1) is 19.3. The zero-order valence-electron chi connectivity index (χ0n) is 17.2. The van der Waals surface area contributed by atoms with Gasteiger partial charge in [-0.25, -0.2) is 15.0 Å². The van der Waals surface area contributed by atoms with E-state index in [0.29, 0.717) is 17.1 Å². The smallest absolute Gasteiger partial charge is 0.181 e. The van der Waals surface area contributed by atoms with Gasteiger partial charge in [0.1, 0.15) is 5.82 Å². The second kappa shape index (κ2) is 8.20. The molecule has 4 heterocycles. The fraction of sp³-hybridized carbons (Fsp3) is 0.208. The zero-order valence-corrected chi connectivity index (χ0v) is 17.2. The zero-order chi connectivity index (χ0) is 21.2. The number of benzene rings is 1. The van der Waals surface area contributed by atoms with Crippen LogP contribution in [0.1, 0.15) is 28.3 Å². The Balaban J connectivity index is 1.38. The van der Waals surface area contributed by atoms with Gasteiger partial charge >= 0.3 is 0 Å². The molecule has 4 aromatic rings. The standard InChI is InChI=1S/C24H21N5O2/c1-29-8-5-16(6-9-29)20-10-17(4-7-26-20)22(30)12-24-27-13-19-3-2-18(11-21(19)28-24)23-14-25-15-31-23/h2-5,7,10-11,13-15H,6,8-9,12H2,1H3. The number of pyridine rings is 1. The second-order valence-electron chi connectivity index (χ2n) is 7.70. The maximum Gasteiger partial charge on any atom is 0.181 e. The predicted molar refractivity (Wildman–Crippen MR) is 117 cm³/mol. The Hall–Kier alpha value is -3.71. The van der Waals surface area contributed by atoms with Crippen molar-refractivity contribution in [1.82, 2.24) is 24.8 Å². The molecular formula is C24H21N5O2. The molecule has 1 aromatic carbocycles. The monoisotopic (exact) mass is 411 g/mol. The fourth-order valence-corrected chi connectivity index (χ4v) is 3.69. The number of rotatable bonds is 5. The Morgan fingerprint density at radius 3 is 2.90 bits per heavy atom. The minimum Gasteiger partial charge on any atom is -0.444 e. The third-order valence-electron chi connectivity index (χ3n) is 5.49. The summed E-state index contributed by atoms with van der Waals surface area (Å²) in [4.78, 5) is 32.6. The summed E-state index contributed by atoms with van der Waals surface area (Å²) in [6.07, 6.45) is 9.75. The fourth-order valence-electron chi connectivity index (χ4n) is 3.69. The number of ketones is 1. The number of aromatic nitrogens is 4. The first-order valence-corrected chi connectivity index (χ1v) is 10.2. The maximum absolute atomic E-state index is 12.9. The lowest BCUT2D eigenvalue weighted by Gasteiger charge is -2.21. The minimum atomic E-state index is -0.0251. The maximum atomic E-state index is 12.9. The van der Waals surface area contributed by atoms with Gasteiger partial charge in [-0.3, -0.25) is 9.78 Å². The number of nitrogens with zero attached hydrogens (tertiary/aromatic N) is 5. The highest BCUT2D eigenvalue weighted by Crippen LogP contribution is 2.24. The number of Topliss-reactive ketones (excluding diaryl/α,β-unsaturated/α-hetero) is 1. The van der Waals surface area contributed by atoms with Crippen molar-refractivity contribution in [3.8, 4) is 11.3 Å². The van der Waals surface area contributed by atoms with Gasteiger partial charge in [0.25, 0.3) is 0 Å². The molecule has 0 atom stereocenters. The molecule has 3 aromatic heterocycles. The molecule has 1 aliphatic rings. The second-order valence-corrected chi connectivity index (χ2v) is 7.70. The van der Waals surface area contributed by atoms with E-state index in [4.69, 9.17) is 4.42 Å². The van der Waals surface area contributed by atoms with Crippen molar-refractivity contribution in [2.24, 2.45) is 0 Å². The van der Waals surface area contributed by atoms with Crippen molar-refractivity contribution in [2.75, 3.05) is 20.1 Å². The highest BCUT2D eigenvalue weighted by molar-refractivity contribution is 5.97. The molecule has 7 nitrogen and oxygen atoms in total. The van der Waals surface area contributed by atoms with Crippen molar-refractivity contribution in [3.05, 3.63) is 78.5 Å². The van der Waals surface area contributed by atoms with Crippen LogP contribution >= 0.6 is 0 Å². The van der Waals surface area contributed by atoms with Crippen molar-refractivity contribution >= 4 is 22.3 Å². The normalized spacial score (nSPS) is 14.5. The van der Waals surface area contributed by atoms with Crippen LogP contribution in [-0.2, 0) is 6.42 Å². The molecule has 0 saturated heterocycles. The Morgan fingerprint density at radius 1 is 1.16 bits per heavy atom. The molecule has 0 unspecified atom stereocenters. The number of carbonyl (C=O) groups is 1. The van der Waals surface area contributed by atoms with Crippen LogP contribution in [0.4, 0.5) is 0 Å². The first-order chi connectivity index (χ1) is 15.2. The summed E-state index contributed by atoms with van der Waals surface area (Å²) in [5.74, 6) is 1.14. The largest absolute Gasteiger partial charge is 0.444 e. The van der Waals surface area contributed by atoms with Crippen LogP contribution < -0.4 is 0 Å². The van der Waals surface area contributed by atoms with Gasteiger partial charge in [-0.2, -0.15) is 0 Å². The molecule has 5 rings (SSSR count). The van der Waals surface area contributed by atoms with Gasteiger partial charge in [0.05, 0.1) is 23.8 Å². The van der Waals surface area contributed by atoms with Gasteiger partial charge in [-0.15, -0.1) is 0 Å². The summed E-state index contributed by atoms with van der Waals surface area (Å²) >= 11 is 0. The molecule has 0 aliphatic carbocycles.